The van der Waals surface area contributed by atoms with Crippen molar-refractivity contribution in [3.63, 3.8) is 0 Å². The summed E-state index contributed by atoms with van der Waals surface area (Å²) in [5.74, 6) is -3.52. The molecule has 0 aromatic heterocycles. The Bertz CT molecular complexity index is 1440. The molecule has 1 aliphatic rings. The highest BCUT2D eigenvalue weighted by atomic mass is 32.2. The van der Waals surface area contributed by atoms with Gasteiger partial charge in [-0.3, -0.25) is 4.79 Å². The van der Waals surface area contributed by atoms with Gasteiger partial charge in [0.15, 0.2) is 5.78 Å². The Morgan fingerprint density at radius 3 is 2.13 bits per heavy atom. The van der Waals surface area contributed by atoms with E-state index in [-0.39, 0.29) is 28.4 Å². The molecule has 0 aliphatic carbocycles. The highest BCUT2D eigenvalue weighted by molar-refractivity contribution is 7.89. The van der Waals surface area contributed by atoms with Gasteiger partial charge in [-0.25, -0.2) is 18.0 Å². The molecule has 1 aliphatic heterocycles. The number of Topliss-reactive ketones (excluding diaryl/α,β-unsaturated/α-hetero) is 1. The van der Waals surface area contributed by atoms with Gasteiger partial charge in [0.1, 0.15) is 0 Å². The maximum atomic E-state index is 13.3. The van der Waals surface area contributed by atoms with Gasteiger partial charge in [-0.15, -0.1) is 0 Å². The van der Waals surface area contributed by atoms with Gasteiger partial charge in [0.2, 0.25) is 10.0 Å². The summed E-state index contributed by atoms with van der Waals surface area (Å²) in [5.41, 5.74) is 1.62. The topological polar surface area (TPSA) is 125 Å². The van der Waals surface area contributed by atoms with E-state index in [2.05, 4.69) is 4.90 Å². The van der Waals surface area contributed by atoms with Gasteiger partial charge in [0.25, 0.3) is 0 Å². The van der Waals surface area contributed by atoms with E-state index in [4.69, 9.17) is 9.94 Å². The summed E-state index contributed by atoms with van der Waals surface area (Å²) in [6.07, 6.45) is 0.444. The van der Waals surface area contributed by atoms with E-state index in [0.29, 0.717) is 38.3 Å². The first kappa shape index (κ1) is 28.0. The van der Waals surface area contributed by atoms with E-state index in [1.54, 1.807) is 78.9 Å². The molecule has 1 heterocycles. The summed E-state index contributed by atoms with van der Waals surface area (Å²) in [6, 6.07) is 21.3. The van der Waals surface area contributed by atoms with Crippen molar-refractivity contribution in [2.45, 2.75) is 17.7 Å². The summed E-state index contributed by atoms with van der Waals surface area (Å²) in [6.45, 7) is 2.24. The van der Waals surface area contributed by atoms with Crippen molar-refractivity contribution < 1.29 is 32.7 Å². The number of carbonyl (C=O) groups is 3. The molecule has 0 atom stereocenters. The molecule has 1 fully saturated rings. The average Bonchev–Trinajstić information content (AvgIpc) is 2.95. The van der Waals surface area contributed by atoms with Crippen LogP contribution in [-0.4, -0.2) is 73.7 Å². The molecule has 0 spiro atoms. The third-order valence-electron chi connectivity index (χ3n) is 6.43. The number of para-hydroxylation sites is 2. The number of hydrogen-bond acceptors (Lipinski definition) is 8. The molecule has 0 saturated carbocycles. The van der Waals surface area contributed by atoms with Crippen LogP contribution in [0.4, 0.5) is 11.4 Å². The number of carbonyl (C=O) groups excluding carboxylic acids is 2. The van der Waals surface area contributed by atoms with Crippen molar-refractivity contribution in [2.75, 3.05) is 38.3 Å². The standard InChI is InChI=1S/C28H29N3O7S/c1-29-17-19-30(20-18-29)39(36,37)23-14-11-21(12-15-23)13-16-26(32)24-9-5-6-10-25(24)31(38-28(35)27(33)34)22-7-3-2-4-8-22/h2-12,14-15H,13,16-20H2,1H3,(H,33,34). The van der Waals surface area contributed by atoms with Crippen molar-refractivity contribution in [1.82, 2.24) is 9.21 Å². The molecule has 0 radical (unpaired) electrons. The Kier molecular flexibility index (Phi) is 8.75. The largest absolute Gasteiger partial charge is 0.473 e. The normalized spacial score (nSPS) is 14.5. The Balaban J connectivity index is 1.49. The van der Waals surface area contributed by atoms with Crippen LogP contribution in [0.15, 0.2) is 83.8 Å². The maximum Gasteiger partial charge on any atom is 0.441 e. The molecule has 0 unspecified atom stereocenters. The smallest absolute Gasteiger partial charge is 0.441 e. The van der Waals surface area contributed by atoms with Crippen LogP contribution in [0.2, 0.25) is 0 Å². The highest BCUT2D eigenvalue weighted by Crippen LogP contribution is 2.30. The number of benzene rings is 3. The fourth-order valence-corrected chi connectivity index (χ4v) is 5.63. The zero-order valence-corrected chi connectivity index (χ0v) is 22.2. The van der Waals surface area contributed by atoms with Gasteiger partial charge in [0.05, 0.1) is 16.3 Å². The van der Waals surface area contributed by atoms with E-state index in [1.165, 1.54) is 4.31 Å². The van der Waals surface area contributed by atoms with Gasteiger partial charge in [-0.1, -0.05) is 42.5 Å². The molecule has 204 valence electrons. The molecule has 0 bridgehead atoms. The average molecular weight is 552 g/mol. The number of aryl methyl sites for hydroxylation is 1. The van der Waals surface area contributed by atoms with E-state index >= 15 is 0 Å². The maximum absolute atomic E-state index is 13.3. The lowest BCUT2D eigenvalue weighted by Gasteiger charge is -2.31. The third kappa shape index (κ3) is 6.69. The number of likely N-dealkylation sites (N-methyl/N-ethyl adjacent to an activating group) is 1. The molecule has 3 aromatic carbocycles. The first-order valence-corrected chi connectivity index (χ1v) is 13.8. The predicted molar refractivity (Wildman–Crippen MR) is 144 cm³/mol. The van der Waals surface area contributed by atoms with Crippen molar-refractivity contribution in [3.05, 3.63) is 90.0 Å². The van der Waals surface area contributed by atoms with Gasteiger partial charge < -0.3 is 14.8 Å². The van der Waals surface area contributed by atoms with E-state index in [0.717, 1.165) is 10.6 Å². The van der Waals surface area contributed by atoms with Crippen molar-refractivity contribution in [2.24, 2.45) is 0 Å². The van der Waals surface area contributed by atoms with Gasteiger partial charge in [-0.2, -0.15) is 9.37 Å². The molecular formula is C28H29N3O7S. The van der Waals surface area contributed by atoms with Crippen LogP contribution in [0.5, 0.6) is 0 Å². The molecule has 0 amide bonds. The fourth-order valence-electron chi connectivity index (χ4n) is 4.21. The number of carboxylic acids is 1. The summed E-state index contributed by atoms with van der Waals surface area (Å²) in [7, 11) is -1.62. The fraction of sp³-hybridized carbons (Fsp3) is 0.250. The number of carboxylic acid groups (broad SMARTS) is 1. The number of ketones is 1. The lowest BCUT2D eigenvalue weighted by molar-refractivity contribution is -0.164. The number of anilines is 2. The van der Waals surface area contributed by atoms with Gasteiger partial charge in [-0.05, 0) is 55.4 Å². The molecule has 39 heavy (non-hydrogen) atoms. The monoisotopic (exact) mass is 551 g/mol. The van der Waals surface area contributed by atoms with Crippen LogP contribution in [0.3, 0.4) is 0 Å². The lowest BCUT2D eigenvalue weighted by Crippen LogP contribution is -2.46. The van der Waals surface area contributed by atoms with E-state index < -0.39 is 22.0 Å². The minimum atomic E-state index is -3.58. The quantitative estimate of drug-likeness (QED) is 0.243. The minimum absolute atomic E-state index is 0.0943. The second-order valence-electron chi connectivity index (χ2n) is 9.11. The van der Waals surface area contributed by atoms with Crippen LogP contribution in [0.25, 0.3) is 0 Å². The van der Waals surface area contributed by atoms with E-state index in [9.17, 15) is 22.8 Å². The third-order valence-corrected chi connectivity index (χ3v) is 8.34. The van der Waals surface area contributed by atoms with Crippen LogP contribution >= 0.6 is 0 Å². The molecule has 10 nitrogen and oxygen atoms in total. The SMILES string of the molecule is CN1CCN(S(=O)(=O)c2ccc(CCC(=O)c3ccccc3N(OC(=O)C(=O)O)c3ccccc3)cc2)CC1. The van der Waals surface area contributed by atoms with Crippen LogP contribution in [0, 0.1) is 0 Å². The summed E-state index contributed by atoms with van der Waals surface area (Å²) < 4.78 is 27.4. The summed E-state index contributed by atoms with van der Waals surface area (Å²) in [5, 5.41) is 10.1. The molecule has 1 saturated heterocycles. The first-order valence-electron chi connectivity index (χ1n) is 12.4. The van der Waals surface area contributed by atoms with Crippen LogP contribution < -0.4 is 5.06 Å². The number of rotatable bonds is 9. The number of aliphatic carboxylic acids is 1. The van der Waals surface area contributed by atoms with Crippen molar-refractivity contribution in [1.29, 1.82) is 0 Å². The minimum Gasteiger partial charge on any atom is -0.473 e. The zero-order valence-electron chi connectivity index (χ0n) is 21.4. The summed E-state index contributed by atoms with van der Waals surface area (Å²) >= 11 is 0. The van der Waals surface area contributed by atoms with Gasteiger partial charge >= 0.3 is 11.9 Å². The molecule has 3 aromatic rings. The second-order valence-corrected chi connectivity index (χ2v) is 11.0. The molecular weight excluding hydrogens is 522 g/mol. The Hall–Kier alpha value is -4.06. The Labute approximate surface area is 227 Å². The molecule has 1 N–H and O–H groups in total. The zero-order chi connectivity index (χ0) is 28.0. The lowest BCUT2D eigenvalue weighted by atomic mass is 10.0. The highest BCUT2D eigenvalue weighted by Gasteiger charge is 2.28. The van der Waals surface area contributed by atoms with Crippen LogP contribution in [0.1, 0.15) is 22.3 Å². The second kappa shape index (κ2) is 12.2. The van der Waals surface area contributed by atoms with Crippen molar-refractivity contribution >= 4 is 39.1 Å². The Morgan fingerprint density at radius 1 is 0.872 bits per heavy atom. The summed E-state index contributed by atoms with van der Waals surface area (Å²) in [4.78, 5) is 43.7. The number of nitrogens with zero attached hydrogens (tertiary/aromatic N) is 3. The Morgan fingerprint density at radius 2 is 1.49 bits per heavy atom. The number of sulfonamides is 1. The van der Waals surface area contributed by atoms with E-state index in [1.807, 2.05) is 7.05 Å². The van der Waals surface area contributed by atoms with Gasteiger partial charge in [0, 0.05) is 38.2 Å². The molecule has 4 rings (SSSR count). The first-order chi connectivity index (χ1) is 18.7. The number of hydrogen-bond donors (Lipinski definition) is 1. The van der Waals surface area contributed by atoms with Crippen molar-refractivity contribution in [3.8, 4) is 0 Å². The predicted octanol–water partition coefficient (Wildman–Crippen LogP) is 3.12. The molecule has 11 heteroatoms. The number of piperazine rings is 1. The van der Waals surface area contributed by atoms with Crippen LogP contribution in [-0.2, 0) is 30.9 Å².